The zero-order valence-corrected chi connectivity index (χ0v) is 15.3. The van der Waals surface area contributed by atoms with Crippen LogP contribution in [-0.4, -0.2) is 29.0 Å². The predicted molar refractivity (Wildman–Crippen MR) is 102 cm³/mol. The highest BCUT2D eigenvalue weighted by atomic mass is 35.5. The smallest absolute Gasteiger partial charge is 0.258 e. The summed E-state index contributed by atoms with van der Waals surface area (Å²) in [6, 6.07) is 8.96. The van der Waals surface area contributed by atoms with E-state index in [0.29, 0.717) is 16.5 Å². The lowest BCUT2D eigenvalue weighted by Gasteiger charge is -2.31. The number of aromatic nitrogens is 2. The third kappa shape index (κ3) is 3.06. The van der Waals surface area contributed by atoms with Crippen LogP contribution in [0.5, 0.6) is 0 Å². The molecule has 2 aliphatic rings. The Labute approximate surface area is 161 Å². The van der Waals surface area contributed by atoms with E-state index in [0.717, 1.165) is 32.4 Å². The van der Waals surface area contributed by atoms with E-state index in [1.807, 2.05) is 11.0 Å². The summed E-state index contributed by atoms with van der Waals surface area (Å²) in [5, 5.41) is 12.6. The topological polar surface area (TPSA) is 102 Å². The Balaban J connectivity index is 1.87. The second-order valence-corrected chi connectivity index (χ2v) is 7.20. The van der Waals surface area contributed by atoms with Crippen molar-refractivity contribution in [3.63, 3.8) is 0 Å². The molecule has 7 nitrogen and oxygen atoms in total. The lowest BCUT2D eigenvalue weighted by molar-refractivity contribution is -0.119. The Morgan fingerprint density at radius 1 is 1.19 bits per heavy atom. The Kier molecular flexibility index (Phi) is 4.58. The first-order valence-corrected chi connectivity index (χ1v) is 9.32. The Hall–Kier alpha value is -2.85. The van der Waals surface area contributed by atoms with Crippen LogP contribution in [0.15, 0.2) is 29.1 Å². The number of hydrogen-bond donors (Lipinski definition) is 2. The minimum Gasteiger partial charge on any atom is -0.342 e. The van der Waals surface area contributed by atoms with Crippen molar-refractivity contribution in [1.82, 2.24) is 9.97 Å². The molecule has 8 heteroatoms. The number of amides is 1. The van der Waals surface area contributed by atoms with Crippen molar-refractivity contribution in [1.29, 1.82) is 5.26 Å². The molecule has 4 rings (SSSR count). The number of carbonyl (C=O) groups excluding carboxylic acids is 1. The highest BCUT2D eigenvalue weighted by Gasteiger charge is 2.41. The van der Waals surface area contributed by atoms with E-state index < -0.39 is 17.7 Å². The van der Waals surface area contributed by atoms with Crippen molar-refractivity contribution in [3.8, 4) is 6.07 Å². The largest absolute Gasteiger partial charge is 0.342 e. The van der Waals surface area contributed by atoms with Gasteiger partial charge in [-0.3, -0.25) is 14.6 Å². The summed E-state index contributed by atoms with van der Waals surface area (Å²) >= 11 is 6.32. The Bertz CT molecular complexity index is 990. The maximum absolute atomic E-state index is 13.0. The third-order valence-electron chi connectivity index (χ3n) is 5.15. The number of piperidine rings is 1. The number of aromatic amines is 1. The van der Waals surface area contributed by atoms with Crippen molar-refractivity contribution in [3.05, 3.63) is 50.8 Å². The van der Waals surface area contributed by atoms with E-state index in [4.69, 9.17) is 11.6 Å². The van der Waals surface area contributed by atoms with E-state index in [1.54, 1.807) is 24.3 Å². The van der Waals surface area contributed by atoms with Crippen molar-refractivity contribution in [2.75, 3.05) is 23.3 Å². The van der Waals surface area contributed by atoms with Gasteiger partial charge in [-0.2, -0.15) is 10.2 Å². The summed E-state index contributed by atoms with van der Waals surface area (Å²) < 4.78 is 0. The summed E-state index contributed by atoms with van der Waals surface area (Å²) in [6.45, 7) is 1.62. The van der Waals surface area contributed by atoms with E-state index >= 15 is 0 Å². The number of hydrogen-bond acceptors (Lipinski definition) is 5. The van der Waals surface area contributed by atoms with Crippen molar-refractivity contribution >= 4 is 29.3 Å². The van der Waals surface area contributed by atoms with Crippen LogP contribution < -0.4 is 15.8 Å². The number of nitriles is 1. The Morgan fingerprint density at radius 2 is 1.93 bits per heavy atom. The minimum absolute atomic E-state index is 0.209. The highest BCUT2D eigenvalue weighted by Crippen LogP contribution is 2.40. The molecule has 0 spiro atoms. The molecule has 2 aliphatic heterocycles. The van der Waals surface area contributed by atoms with E-state index in [2.05, 4.69) is 15.3 Å². The van der Waals surface area contributed by atoms with Gasteiger partial charge in [-0.1, -0.05) is 29.8 Å². The van der Waals surface area contributed by atoms with Crippen molar-refractivity contribution in [2.24, 2.45) is 5.92 Å². The van der Waals surface area contributed by atoms with Crippen LogP contribution >= 0.6 is 11.6 Å². The number of nitrogens with one attached hydrogen (secondary N) is 2. The van der Waals surface area contributed by atoms with Crippen LogP contribution in [0, 0.1) is 17.2 Å². The molecule has 0 radical (unpaired) electrons. The van der Waals surface area contributed by atoms with Crippen LogP contribution in [0.4, 0.5) is 11.8 Å². The fourth-order valence-corrected chi connectivity index (χ4v) is 4.07. The average molecular weight is 384 g/mol. The fourth-order valence-electron chi connectivity index (χ4n) is 3.82. The van der Waals surface area contributed by atoms with Crippen LogP contribution in [-0.2, 0) is 4.79 Å². The molecular weight excluding hydrogens is 366 g/mol. The van der Waals surface area contributed by atoms with E-state index in [9.17, 15) is 14.9 Å². The molecule has 1 saturated heterocycles. The molecule has 2 N–H and O–H groups in total. The molecule has 1 amide bonds. The SMILES string of the molecule is N#CC1C(=O)Nc2nc(N3CCCCC3)[nH]c(=O)c2C1c1ccccc1Cl. The summed E-state index contributed by atoms with van der Waals surface area (Å²) in [5.41, 5.74) is 0.487. The highest BCUT2D eigenvalue weighted by molar-refractivity contribution is 6.31. The first-order valence-electron chi connectivity index (χ1n) is 8.94. The number of anilines is 2. The molecule has 3 heterocycles. The first kappa shape index (κ1) is 17.6. The van der Waals surface area contributed by atoms with Crippen LogP contribution in [0.3, 0.4) is 0 Å². The van der Waals surface area contributed by atoms with Gasteiger partial charge < -0.3 is 10.2 Å². The van der Waals surface area contributed by atoms with Gasteiger partial charge in [0.25, 0.3) is 5.56 Å². The van der Waals surface area contributed by atoms with Gasteiger partial charge in [0.15, 0.2) is 0 Å². The molecular formula is C19H18ClN5O2. The normalized spacial score (nSPS) is 21.9. The molecule has 27 heavy (non-hydrogen) atoms. The minimum atomic E-state index is -1.05. The number of carbonyl (C=O) groups is 1. The van der Waals surface area contributed by atoms with Gasteiger partial charge in [-0.25, -0.2) is 0 Å². The number of fused-ring (bicyclic) bond motifs is 1. The second-order valence-electron chi connectivity index (χ2n) is 6.79. The molecule has 2 aromatic rings. The quantitative estimate of drug-likeness (QED) is 0.830. The summed E-state index contributed by atoms with van der Waals surface area (Å²) in [7, 11) is 0. The van der Waals surface area contributed by atoms with Gasteiger partial charge in [0.05, 0.1) is 11.6 Å². The number of rotatable bonds is 2. The lowest BCUT2D eigenvalue weighted by Crippen LogP contribution is -2.40. The van der Waals surface area contributed by atoms with Crippen molar-refractivity contribution < 1.29 is 4.79 Å². The summed E-state index contributed by atoms with van der Waals surface area (Å²) in [5.74, 6) is -1.63. The average Bonchev–Trinajstić information content (AvgIpc) is 2.68. The maximum Gasteiger partial charge on any atom is 0.258 e. The first-order chi connectivity index (χ1) is 13.1. The van der Waals surface area contributed by atoms with Crippen molar-refractivity contribution in [2.45, 2.75) is 25.2 Å². The van der Waals surface area contributed by atoms with Gasteiger partial charge in [-0.15, -0.1) is 0 Å². The number of halogens is 1. The molecule has 0 aliphatic carbocycles. The molecule has 1 fully saturated rings. The second kappa shape index (κ2) is 7.05. The molecule has 138 valence electrons. The Morgan fingerprint density at radius 3 is 2.63 bits per heavy atom. The molecule has 1 aromatic carbocycles. The standard InChI is InChI=1S/C19H18ClN5O2/c20-13-7-3-2-6-11(13)14-12(10-21)17(26)22-16-15(14)18(27)24-19(23-16)25-8-4-1-5-9-25/h2-3,6-7,12,14H,1,4-5,8-9H2,(H2,22,23,24,26,27). The molecule has 1 aromatic heterocycles. The van der Waals surface area contributed by atoms with Gasteiger partial charge in [-0.05, 0) is 30.9 Å². The monoisotopic (exact) mass is 383 g/mol. The molecule has 0 saturated carbocycles. The third-order valence-corrected chi connectivity index (χ3v) is 5.49. The summed E-state index contributed by atoms with van der Waals surface area (Å²) in [4.78, 5) is 34.9. The zero-order chi connectivity index (χ0) is 19.0. The van der Waals surface area contributed by atoms with E-state index in [-0.39, 0.29) is 16.9 Å². The number of H-pyrrole nitrogens is 1. The van der Waals surface area contributed by atoms with Gasteiger partial charge in [0.2, 0.25) is 11.9 Å². The molecule has 2 atom stereocenters. The lowest BCUT2D eigenvalue weighted by atomic mass is 9.79. The fraction of sp³-hybridized carbons (Fsp3) is 0.368. The van der Waals surface area contributed by atoms with E-state index in [1.165, 1.54) is 0 Å². The maximum atomic E-state index is 13.0. The van der Waals surface area contributed by atoms with Gasteiger partial charge in [0, 0.05) is 24.0 Å². The predicted octanol–water partition coefficient (Wildman–Crippen LogP) is 2.64. The number of nitrogens with zero attached hydrogens (tertiary/aromatic N) is 3. The van der Waals surface area contributed by atoms with Crippen LogP contribution in [0.1, 0.15) is 36.3 Å². The van der Waals surface area contributed by atoms with Crippen LogP contribution in [0.2, 0.25) is 5.02 Å². The van der Waals surface area contributed by atoms with Gasteiger partial charge >= 0.3 is 0 Å². The zero-order valence-electron chi connectivity index (χ0n) is 14.5. The van der Waals surface area contributed by atoms with Gasteiger partial charge in [0.1, 0.15) is 11.7 Å². The van der Waals surface area contributed by atoms with Crippen LogP contribution in [0.25, 0.3) is 0 Å². The number of benzene rings is 1. The molecule has 0 bridgehead atoms. The molecule has 2 unspecified atom stereocenters. The summed E-state index contributed by atoms with van der Waals surface area (Å²) in [6.07, 6.45) is 3.22.